The van der Waals surface area contributed by atoms with E-state index in [0.717, 1.165) is 0 Å². The van der Waals surface area contributed by atoms with Crippen LogP contribution >= 0.6 is 11.6 Å². The lowest BCUT2D eigenvalue weighted by molar-refractivity contribution is -0.132. The normalized spacial score (nSPS) is 31.8. The van der Waals surface area contributed by atoms with Gasteiger partial charge in [-0.2, -0.15) is 0 Å². The Morgan fingerprint density at radius 3 is 2.31 bits per heavy atom. The predicted octanol–water partition coefficient (Wildman–Crippen LogP) is 3.89. The van der Waals surface area contributed by atoms with Gasteiger partial charge >= 0.3 is 0 Å². The van der Waals surface area contributed by atoms with E-state index in [1.165, 1.54) is 0 Å². The first-order valence-corrected chi connectivity index (χ1v) is 6.15. The van der Waals surface area contributed by atoms with Crippen molar-refractivity contribution in [3.8, 4) is 0 Å². The van der Waals surface area contributed by atoms with Crippen LogP contribution < -0.4 is 0 Å². The summed E-state index contributed by atoms with van der Waals surface area (Å²) >= 11 is 6.04. The fourth-order valence-corrected chi connectivity index (χ4v) is 2.76. The topological polar surface area (TPSA) is 17.1 Å². The van der Waals surface area contributed by atoms with Gasteiger partial charge in [-0.3, -0.25) is 4.79 Å². The fraction of sp³-hybridized carbons (Fsp3) is 0.917. The summed E-state index contributed by atoms with van der Waals surface area (Å²) in [5, 5.41) is -0.708. The zero-order valence-electron chi connectivity index (χ0n) is 9.97. The zero-order chi connectivity index (χ0) is 12.5. The van der Waals surface area contributed by atoms with Crippen molar-refractivity contribution in [2.45, 2.75) is 51.8 Å². The molecule has 1 fully saturated rings. The van der Waals surface area contributed by atoms with Gasteiger partial charge in [-0.05, 0) is 12.8 Å². The number of alkyl halides is 3. The van der Waals surface area contributed by atoms with Crippen LogP contribution in [0.5, 0.6) is 0 Å². The summed E-state index contributed by atoms with van der Waals surface area (Å²) in [5.74, 6) is -1.22. The second-order valence-corrected chi connectivity index (χ2v) is 6.10. The van der Waals surface area contributed by atoms with Gasteiger partial charge < -0.3 is 0 Å². The molecule has 1 saturated carbocycles. The molecule has 0 heterocycles. The maximum Gasteiger partial charge on any atom is 0.242 e. The average molecular weight is 253 g/mol. The Kier molecular flexibility index (Phi) is 4.33. The molecule has 3 atom stereocenters. The van der Waals surface area contributed by atoms with Crippen LogP contribution in [0.2, 0.25) is 0 Å². The Bertz CT molecular complexity index is 260. The summed E-state index contributed by atoms with van der Waals surface area (Å²) in [6.45, 7) is 5.43. The van der Waals surface area contributed by atoms with Crippen LogP contribution in [0.1, 0.15) is 40.0 Å². The third-order valence-electron chi connectivity index (χ3n) is 3.25. The smallest absolute Gasteiger partial charge is 0.242 e. The summed E-state index contributed by atoms with van der Waals surface area (Å²) in [6.07, 6.45) is -0.670. The van der Waals surface area contributed by atoms with E-state index in [1.54, 1.807) is 0 Å². The van der Waals surface area contributed by atoms with Gasteiger partial charge in [0, 0.05) is 17.3 Å². The molecule has 4 heteroatoms. The molecule has 0 aliphatic heterocycles. The molecule has 1 aliphatic carbocycles. The van der Waals surface area contributed by atoms with Crippen LogP contribution in [-0.4, -0.2) is 17.6 Å². The number of carbonyl (C=O) groups is 1. The molecule has 1 rings (SSSR count). The van der Waals surface area contributed by atoms with E-state index in [-0.39, 0.29) is 5.78 Å². The standard InChI is InChI=1S/C12H19ClF2O/c1-12(2,3)10(16)7-5-4-6-8(9(7)13)11(14)15/h7-9,11H,4-6H2,1-3H3. The summed E-state index contributed by atoms with van der Waals surface area (Å²) in [6, 6.07) is 0. The molecule has 16 heavy (non-hydrogen) atoms. The molecule has 0 aromatic rings. The van der Waals surface area contributed by atoms with Crippen LogP contribution in [0.3, 0.4) is 0 Å². The Hall–Kier alpha value is -0.180. The highest BCUT2D eigenvalue weighted by Gasteiger charge is 2.43. The third kappa shape index (κ3) is 2.93. The highest BCUT2D eigenvalue weighted by atomic mass is 35.5. The largest absolute Gasteiger partial charge is 0.299 e. The summed E-state index contributed by atoms with van der Waals surface area (Å²) < 4.78 is 25.4. The molecule has 0 spiro atoms. The highest BCUT2D eigenvalue weighted by molar-refractivity contribution is 6.22. The highest BCUT2D eigenvalue weighted by Crippen LogP contribution is 2.40. The number of rotatable bonds is 2. The molecule has 0 bridgehead atoms. The van der Waals surface area contributed by atoms with Crippen molar-refractivity contribution in [2.24, 2.45) is 17.3 Å². The molecular formula is C12H19ClF2O. The van der Waals surface area contributed by atoms with Crippen molar-refractivity contribution in [3.63, 3.8) is 0 Å². The van der Waals surface area contributed by atoms with Crippen LogP contribution in [-0.2, 0) is 4.79 Å². The Morgan fingerprint density at radius 2 is 1.88 bits per heavy atom. The first kappa shape index (κ1) is 13.9. The van der Waals surface area contributed by atoms with Crippen molar-refractivity contribution in [1.82, 2.24) is 0 Å². The minimum Gasteiger partial charge on any atom is -0.299 e. The van der Waals surface area contributed by atoms with Crippen LogP contribution in [0, 0.1) is 17.3 Å². The quantitative estimate of drug-likeness (QED) is 0.682. The van der Waals surface area contributed by atoms with Gasteiger partial charge in [0.2, 0.25) is 6.43 Å². The number of ketones is 1. The molecule has 0 amide bonds. The number of Topliss-reactive ketones (excluding diaryl/α,β-unsaturated/α-hetero) is 1. The molecule has 3 unspecified atom stereocenters. The van der Waals surface area contributed by atoms with Crippen LogP contribution in [0.15, 0.2) is 0 Å². The SMILES string of the molecule is CC(C)(C)C(=O)C1CCCC(C(F)F)C1Cl. The van der Waals surface area contributed by atoms with Crippen molar-refractivity contribution >= 4 is 17.4 Å². The van der Waals surface area contributed by atoms with Crippen LogP contribution in [0.25, 0.3) is 0 Å². The van der Waals surface area contributed by atoms with Gasteiger partial charge in [0.25, 0.3) is 0 Å². The molecule has 0 radical (unpaired) electrons. The van der Waals surface area contributed by atoms with E-state index in [9.17, 15) is 13.6 Å². The lowest BCUT2D eigenvalue weighted by Crippen LogP contribution is -2.41. The zero-order valence-corrected chi connectivity index (χ0v) is 10.7. The van der Waals surface area contributed by atoms with Crippen molar-refractivity contribution in [3.05, 3.63) is 0 Å². The monoisotopic (exact) mass is 252 g/mol. The molecule has 1 aliphatic rings. The molecule has 0 aromatic carbocycles. The van der Waals surface area contributed by atoms with E-state index in [2.05, 4.69) is 0 Å². The second kappa shape index (κ2) is 4.99. The van der Waals surface area contributed by atoms with Crippen molar-refractivity contribution < 1.29 is 13.6 Å². The van der Waals surface area contributed by atoms with Crippen molar-refractivity contribution in [1.29, 1.82) is 0 Å². The average Bonchev–Trinajstić information content (AvgIpc) is 2.15. The molecule has 0 N–H and O–H groups in total. The second-order valence-electron chi connectivity index (χ2n) is 5.59. The fourth-order valence-electron chi connectivity index (χ4n) is 2.29. The van der Waals surface area contributed by atoms with Gasteiger partial charge in [-0.1, -0.05) is 27.2 Å². The van der Waals surface area contributed by atoms with Gasteiger partial charge in [0.05, 0.1) is 5.38 Å². The van der Waals surface area contributed by atoms with E-state index < -0.39 is 29.1 Å². The lowest BCUT2D eigenvalue weighted by Gasteiger charge is -2.36. The first-order chi connectivity index (χ1) is 7.25. The van der Waals surface area contributed by atoms with E-state index in [0.29, 0.717) is 19.3 Å². The maximum absolute atomic E-state index is 12.7. The minimum atomic E-state index is -2.42. The van der Waals surface area contributed by atoms with Gasteiger partial charge in [0.1, 0.15) is 5.78 Å². The molecule has 0 saturated heterocycles. The number of hydrogen-bond acceptors (Lipinski definition) is 1. The Balaban J connectivity index is 2.78. The lowest BCUT2D eigenvalue weighted by atomic mass is 9.72. The number of carbonyl (C=O) groups excluding carboxylic acids is 1. The maximum atomic E-state index is 12.7. The van der Waals surface area contributed by atoms with Crippen LogP contribution in [0.4, 0.5) is 8.78 Å². The summed E-state index contributed by atoms with van der Waals surface area (Å²) in [7, 11) is 0. The van der Waals surface area contributed by atoms with E-state index >= 15 is 0 Å². The van der Waals surface area contributed by atoms with E-state index in [1.807, 2.05) is 20.8 Å². The third-order valence-corrected chi connectivity index (χ3v) is 3.87. The van der Waals surface area contributed by atoms with Gasteiger partial charge in [-0.25, -0.2) is 8.78 Å². The van der Waals surface area contributed by atoms with E-state index in [4.69, 9.17) is 11.6 Å². The molecule has 1 nitrogen and oxygen atoms in total. The minimum absolute atomic E-state index is 0.0119. The summed E-state index contributed by atoms with van der Waals surface area (Å²) in [4.78, 5) is 12.1. The Labute approximate surface area is 101 Å². The number of halogens is 3. The molecule has 94 valence electrons. The van der Waals surface area contributed by atoms with Gasteiger partial charge in [0.15, 0.2) is 0 Å². The first-order valence-electron chi connectivity index (χ1n) is 5.71. The number of hydrogen-bond donors (Lipinski definition) is 0. The predicted molar refractivity (Wildman–Crippen MR) is 60.9 cm³/mol. The molecular weight excluding hydrogens is 234 g/mol. The Morgan fingerprint density at radius 1 is 1.31 bits per heavy atom. The molecule has 0 aromatic heterocycles. The summed E-state index contributed by atoms with van der Waals surface area (Å²) in [5.41, 5.74) is -0.498. The van der Waals surface area contributed by atoms with Crippen molar-refractivity contribution in [2.75, 3.05) is 0 Å². The van der Waals surface area contributed by atoms with Gasteiger partial charge in [-0.15, -0.1) is 11.6 Å².